The molecule has 0 bridgehead atoms. The zero-order chi connectivity index (χ0) is 12.1. The highest BCUT2D eigenvalue weighted by Gasteiger charge is 2.22. The third-order valence-electron chi connectivity index (χ3n) is 2.05. The number of carbonyl (C=O) groups is 2. The molecular weight excluding hydrogens is 200 g/mol. The predicted octanol–water partition coefficient (Wildman–Crippen LogP) is 0.944. The maximum atomic E-state index is 11.2. The molecular formula is C10H18O5. The monoisotopic (exact) mass is 218 g/mol. The number of esters is 1. The molecule has 0 saturated carbocycles. The molecule has 0 aliphatic rings. The minimum atomic E-state index is -1.18. The fraction of sp³-hybridized carbons (Fsp3) is 0.800. The summed E-state index contributed by atoms with van der Waals surface area (Å²) in [6.45, 7) is 5.39. The molecule has 0 aliphatic carbocycles. The Hall–Kier alpha value is -1.10. The van der Waals surface area contributed by atoms with Gasteiger partial charge in [0.05, 0.1) is 18.9 Å². The molecule has 5 nitrogen and oxygen atoms in total. The minimum Gasteiger partial charge on any atom is -0.481 e. The summed E-state index contributed by atoms with van der Waals surface area (Å²) in [5, 5.41) is 17.5. The summed E-state index contributed by atoms with van der Waals surface area (Å²) in [5.41, 5.74) is -0.569. The smallest absolute Gasteiger partial charge is 0.308 e. The highest BCUT2D eigenvalue weighted by atomic mass is 16.6. The van der Waals surface area contributed by atoms with E-state index >= 15 is 0 Å². The number of aliphatic hydroxyl groups is 1. The molecule has 0 amide bonds. The largest absolute Gasteiger partial charge is 0.481 e. The summed E-state index contributed by atoms with van der Waals surface area (Å²) in [5.74, 6) is -1.71. The normalized spacial score (nSPS) is 13.3. The quantitative estimate of drug-likeness (QED) is 0.648. The Morgan fingerprint density at radius 2 is 1.87 bits per heavy atom. The van der Waals surface area contributed by atoms with Gasteiger partial charge in [0.15, 0.2) is 0 Å². The molecule has 88 valence electrons. The Kier molecular flexibility index (Phi) is 5.28. The van der Waals surface area contributed by atoms with Crippen LogP contribution in [0.1, 0.15) is 40.0 Å². The molecule has 0 rings (SSSR count). The van der Waals surface area contributed by atoms with Gasteiger partial charge >= 0.3 is 11.9 Å². The second-order valence-electron chi connectivity index (χ2n) is 4.04. The van der Waals surface area contributed by atoms with E-state index in [0.717, 1.165) is 0 Å². The second-order valence-corrected chi connectivity index (χ2v) is 4.04. The van der Waals surface area contributed by atoms with Gasteiger partial charge < -0.3 is 14.9 Å². The Balaban J connectivity index is 3.98. The Morgan fingerprint density at radius 1 is 1.33 bits per heavy atom. The number of carbonyl (C=O) groups excluding carboxylic acids is 1. The van der Waals surface area contributed by atoms with Crippen molar-refractivity contribution >= 4 is 11.9 Å². The van der Waals surface area contributed by atoms with Crippen LogP contribution in [0.3, 0.4) is 0 Å². The first-order valence-electron chi connectivity index (χ1n) is 4.88. The number of hydrogen-bond donors (Lipinski definition) is 2. The van der Waals surface area contributed by atoms with Crippen LogP contribution in [0.4, 0.5) is 0 Å². The molecule has 0 aromatic carbocycles. The first-order chi connectivity index (χ1) is 6.76. The van der Waals surface area contributed by atoms with Crippen molar-refractivity contribution in [3.05, 3.63) is 0 Å². The van der Waals surface area contributed by atoms with Crippen molar-refractivity contribution in [2.24, 2.45) is 0 Å². The van der Waals surface area contributed by atoms with Crippen molar-refractivity contribution in [2.45, 2.75) is 51.7 Å². The maximum absolute atomic E-state index is 11.2. The van der Waals surface area contributed by atoms with Gasteiger partial charge in [0.1, 0.15) is 5.60 Å². The molecule has 0 aliphatic heterocycles. The van der Waals surface area contributed by atoms with Gasteiger partial charge in [-0.15, -0.1) is 0 Å². The lowest BCUT2D eigenvalue weighted by molar-refractivity contribution is -0.159. The fourth-order valence-corrected chi connectivity index (χ4v) is 0.888. The van der Waals surface area contributed by atoms with Crippen LogP contribution in [0.5, 0.6) is 0 Å². The standard InChI is InChI=1S/C10H18O5/c1-4-10(2,3)15-9(14)6-7(11)5-8(12)13/h7,11H,4-6H2,1-3H3,(H,12,13). The number of hydrogen-bond acceptors (Lipinski definition) is 4. The van der Waals surface area contributed by atoms with E-state index in [4.69, 9.17) is 9.84 Å². The average Bonchev–Trinajstić information content (AvgIpc) is 2.00. The first-order valence-corrected chi connectivity index (χ1v) is 4.88. The molecule has 0 aromatic rings. The summed E-state index contributed by atoms with van der Waals surface area (Å²) in [6, 6.07) is 0. The number of ether oxygens (including phenoxy) is 1. The van der Waals surface area contributed by atoms with Crippen molar-refractivity contribution in [2.75, 3.05) is 0 Å². The van der Waals surface area contributed by atoms with Crippen LogP contribution in [-0.2, 0) is 14.3 Å². The van der Waals surface area contributed by atoms with Crippen LogP contribution in [0.25, 0.3) is 0 Å². The van der Waals surface area contributed by atoms with Crippen molar-refractivity contribution < 1.29 is 24.5 Å². The fourth-order valence-electron chi connectivity index (χ4n) is 0.888. The van der Waals surface area contributed by atoms with E-state index in [9.17, 15) is 14.7 Å². The van der Waals surface area contributed by atoms with Gasteiger partial charge in [0.2, 0.25) is 0 Å². The van der Waals surface area contributed by atoms with Crippen LogP contribution in [0, 0.1) is 0 Å². The SMILES string of the molecule is CCC(C)(C)OC(=O)CC(O)CC(=O)O. The van der Waals surface area contributed by atoms with Gasteiger partial charge in [-0.1, -0.05) is 6.92 Å². The van der Waals surface area contributed by atoms with E-state index < -0.39 is 30.1 Å². The number of aliphatic hydroxyl groups excluding tert-OH is 1. The van der Waals surface area contributed by atoms with Gasteiger partial charge in [0, 0.05) is 0 Å². The van der Waals surface area contributed by atoms with E-state index in [2.05, 4.69) is 0 Å². The lowest BCUT2D eigenvalue weighted by atomic mass is 10.1. The van der Waals surface area contributed by atoms with E-state index in [1.807, 2.05) is 6.92 Å². The lowest BCUT2D eigenvalue weighted by Crippen LogP contribution is -2.29. The molecule has 1 atom stereocenters. The maximum Gasteiger partial charge on any atom is 0.308 e. The lowest BCUT2D eigenvalue weighted by Gasteiger charge is -2.23. The third kappa shape index (κ3) is 6.90. The van der Waals surface area contributed by atoms with Gasteiger partial charge in [-0.2, -0.15) is 0 Å². The Bertz CT molecular complexity index is 234. The Labute approximate surface area is 89.0 Å². The number of rotatable bonds is 6. The van der Waals surface area contributed by atoms with Crippen LogP contribution in [0.15, 0.2) is 0 Å². The Morgan fingerprint density at radius 3 is 2.27 bits per heavy atom. The van der Waals surface area contributed by atoms with Crippen molar-refractivity contribution in [1.29, 1.82) is 0 Å². The van der Waals surface area contributed by atoms with Gasteiger partial charge in [-0.05, 0) is 20.3 Å². The van der Waals surface area contributed by atoms with Gasteiger partial charge in [-0.3, -0.25) is 9.59 Å². The van der Waals surface area contributed by atoms with Crippen molar-refractivity contribution in [1.82, 2.24) is 0 Å². The van der Waals surface area contributed by atoms with Crippen molar-refractivity contribution in [3.8, 4) is 0 Å². The first kappa shape index (κ1) is 13.9. The summed E-state index contributed by atoms with van der Waals surface area (Å²) in [7, 11) is 0. The predicted molar refractivity (Wildman–Crippen MR) is 53.3 cm³/mol. The number of carboxylic acid groups (broad SMARTS) is 1. The molecule has 0 saturated heterocycles. The van der Waals surface area contributed by atoms with Crippen LogP contribution < -0.4 is 0 Å². The molecule has 15 heavy (non-hydrogen) atoms. The highest BCUT2D eigenvalue weighted by molar-refractivity contribution is 5.73. The molecule has 5 heteroatoms. The van der Waals surface area contributed by atoms with Crippen LogP contribution >= 0.6 is 0 Å². The molecule has 2 N–H and O–H groups in total. The van der Waals surface area contributed by atoms with E-state index in [-0.39, 0.29) is 6.42 Å². The molecule has 0 radical (unpaired) electrons. The molecule has 0 aromatic heterocycles. The summed E-state index contributed by atoms with van der Waals surface area (Å²) in [4.78, 5) is 21.5. The zero-order valence-electron chi connectivity index (χ0n) is 9.32. The van der Waals surface area contributed by atoms with Crippen LogP contribution in [-0.4, -0.2) is 33.9 Å². The number of aliphatic carboxylic acids is 1. The molecule has 1 unspecified atom stereocenters. The summed E-state index contributed by atoms with van der Waals surface area (Å²) in [6.07, 6.45) is -1.24. The van der Waals surface area contributed by atoms with E-state index in [0.29, 0.717) is 6.42 Å². The highest BCUT2D eigenvalue weighted by Crippen LogP contribution is 2.15. The van der Waals surface area contributed by atoms with Crippen molar-refractivity contribution in [3.63, 3.8) is 0 Å². The molecule has 0 fully saturated rings. The molecule has 0 spiro atoms. The van der Waals surface area contributed by atoms with E-state index in [1.54, 1.807) is 13.8 Å². The average molecular weight is 218 g/mol. The van der Waals surface area contributed by atoms with Gasteiger partial charge in [0.25, 0.3) is 0 Å². The number of carboxylic acids is 1. The molecule has 0 heterocycles. The van der Waals surface area contributed by atoms with Crippen LogP contribution in [0.2, 0.25) is 0 Å². The summed E-state index contributed by atoms with van der Waals surface area (Å²) < 4.78 is 5.05. The minimum absolute atomic E-state index is 0.282. The van der Waals surface area contributed by atoms with Gasteiger partial charge in [-0.25, -0.2) is 0 Å². The second kappa shape index (κ2) is 5.70. The summed E-state index contributed by atoms with van der Waals surface area (Å²) >= 11 is 0. The third-order valence-corrected chi connectivity index (χ3v) is 2.05. The topological polar surface area (TPSA) is 83.8 Å². The zero-order valence-corrected chi connectivity index (χ0v) is 9.32. The van der Waals surface area contributed by atoms with E-state index in [1.165, 1.54) is 0 Å².